The Morgan fingerprint density at radius 3 is 3.00 bits per heavy atom. The Bertz CT molecular complexity index is 201. The molecule has 1 heterocycles. The maximum atomic E-state index is 10.9. The topological polar surface area (TPSA) is 59.1 Å². The molecule has 4 atom stereocenters. The second-order valence-electron chi connectivity index (χ2n) is 3.39. The second-order valence-corrected chi connectivity index (χ2v) is 3.39. The zero-order chi connectivity index (χ0) is 8.72. The van der Waals surface area contributed by atoms with Crippen molar-refractivity contribution in [2.45, 2.75) is 31.2 Å². The van der Waals surface area contributed by atoms with Gasteiger partial charge < -0.3 is 14.6 Å². The Morgan fingerprint density at radius 2 is 2.50 bits per heavy atom. The van der Waals surface area contributed by atoms with Crippen LogP contribution in [-0.4, -0.2) is 36.5 Å². The van der Waals surface area contributed by atoms with Crippen molar-refractivity contribution in [1.29, 1.82) is 0 Å². The SMILES string of the molecule is COC(=O)C[C@@H]1[C@H]2O[C@H]2C[C@H]1O. The lowest BCUT2D eigenvalue weighted by Crippen LogP contribution is -2.23. The molecule has 12 heavy (non-hydrogen) atoms. The average molecular weight is 172 g/mol. The van der Waals surface area contributed by atoms with Gasteiger partial charge >= 0.3 is 5.97 Å². The highest BCUT2D eigenvalue weighted by atomic mass is 16.6. The van der Waals surface area contributed by atoms with Gasteiger partial charge in [0.1, 0.15) is 0 Å². The average Bonchev–Trinajstić information content (AvgIpc) is 2.73. The van der Waals surface area contributed by atoms with Crippen LogP contribution in [0, 0.1) is 5.92 Å². The minimum Gasteiger partial charge on any atom is -0.469 e. The smallest absolute Gasteiger partial charge is 0.305 e. The molecule has 0 unspecified atom stereocenters. The molecule has 4 nitrogen and oxygen atoms in total. The number of epoxide rings is 1. The van der Waals surface area contributed by atoms with E-state index in [2.05, 4.69) is 4.74 Å². The fourth-order valence-corrected chi connectivity index (χ4v) is 1.88. The fraction of sp³-hybridized carbons (Fsp3) is 0.875. The van der Waals surface area contributed by atoms with Gasteiger partial charge in [-0.05, 0) is 0 Å². The lowest BCUT2D eigenvalue weighted by molar-refractivity contribution is -0.143. The Kier molecular flexibility index (Phi) is 1.81. The van der Waals surface area contributed by atoms with E-state index in [9.17, 15) is 9.90 Å². The third kappa shape index (κ3) is 1.21. The van der Waals surface area contributed by atoms with E-state index in [1.54, 1.807) is 0 Å². The zero-order valence-corrected chi connectivity index (χ0v) is 6.90. The highest BCUT2D eigenvalue weighted by Crippen LogP contribution is 2.44. The van der Waals surface area contributed by atoms with Crippen LogP contribution in [0.15, 0.2) is 0 Å². The number of carbonyl (C=O) groups excluding carboxylic acids is 1. The molecule has 0 spiro atoms. The third-order valence-electron chi connectivity index (χ3n) is 2.64. The summed E-state index contributed by atoms with van der Waals surface area (Å²) in [5.74, 6) is -0.308. The number of aliphatic hydroxyl groups excluding tert-OH is 1. The number of ether oxygens (including phenoxy) is 2. The summed E-state index contributed by atoms with van der Waals surface area (Å²) < 4.78 is 9.74. The number of esters is 1. The van der Waals surface area contributed by atoms with E-state index in [0.717, 1.165) is 0 Å². The molecule has 1 saturated heterocycles. The van der Waals surface area contributed by atoms with E-state index in [0.29, 0.717) is 6.42 Å². The van der Waals surface area contributed by atoms with Crippen molar-refractivity contribution in [3.63, 3.8) is 0 Å². The summed E-state index contributed by atoms with van der Waals surface area (Å²) in [4.78, 5) is 10.9. The summed E-state index contributed by atoms with van der Waals surface area (Å²) in [5, 5.41) is 9.45. The molecule has 0 aromatic rings. The van der Waals surface area contributed by atoms with Crippen LogP contribution in [0.3, 0.4) is 0 Å². The van der Waals surface area contributed by atoms with Crippen molar-refractivity contribution in [1.82, 2.24) is 0 Å². The van der Waals surface area contributed by atoms with Crippen LogP contribution in [0.1, 0.15) is 12.8 Å². The molecule has 0 bridgehead atoms. The number of carbonyl (C=O) groups is 1. The summed E-state index contributed by atoms with van der Waals surface area (Å²) in [7, 11) is 1.36. The van der Waals surface area contributed by atoms with Crippen molar-refractivity contribution >= 4 is 5.97 Å². The van der Waals surface area contributed by atoms with Gasteiger partial charge in [-0.3, -0.25) is 4.79 Å². The zero-order valence-electron chi connectivity index (χ0n) is 6.90. The Hall–Kier alpha value is -0.610. The Balaban J connectivity index is 1.90. The first-order valence-corrected chi connectivity index (χ1v) is 4.12. The van der Waals surface area contributed by atoms with Gasteiger partial charge in [-0.2, -0.15) is 0 Å². The number of hydrogen-bond acceptors (Lipinski definition) is 4. The predicted octanol–water partition coefficient (Wildman–Crippen LogP) is -0.302. The van der Waals surface area contributed by atoms with E-state index in [1.165, 1.54) is 7.11 Å². The number of fused-ring (bicyclic) bond motifs is 1. The van der Waals surface area contributed by atoms with Crippen molar-refractivity contribution < 1.29 is 19.4 Å². The van der Waals surface area contributed by atoms with Gasteiger partial charge in [-0.15, -0.1) is 0 Å². The van der Waals surface area contributed by atoms with Gasteiger partial charge in [0.25, 0.3) is 0 Å². The number of aliphatic hydroxyl groups is 1. The largest absolute Gasteiger partial charge is 0.469 e. The molecule has 0 radical (unpaired) electrons. The highest BCUT2D eigenvalue weighted by molar-refractivity contribution is 5.69. The van der Waals surface area contributed by atoms with Crippen LogP contribution >= 0.6 is 0 Å². The van der Waals surface area contributed by atoms with Gasteiger partial charge in [-0.1, -0.05) is 0 Å². The van der Waals surface area contributed by atoms with Crippen LogP contribution in [0.25, 0.3) is 0 Å². The molecule has 0 aromatic heterocycles. The molecule has 0 amide bonds. The summed E-state index contributed by atoms with van der Waals surface area (Å²) in [6, 6.07) is 0. The third-order valence-corrected chi connectivity index (χ3v) is 2.64. The van der Waals surface area contributed by atoms with Crippen molar-refractivity contribution in [2.24, 2.45) is 5.92 Å². The monoisotopic (exact) mass is 172 g/mol. The van der Waals surface area contributed by atoms with Crippen LogP contribution in [0.2, 0.25) is 0 Å². The standard InChI is InChI=1S/C8H12O4/c1-11-7(10)2-4-5(9)3-6-8(4)12-6/h4-6,8-9H,2-3H2,1H3/t4-,5+,6-,8+/m0/s1. The Morgan fingerprint density at radius 1 is 1.75 bits per heavy atom. The predicted molar refractivity (Wildman–Crippen MR) is 39.4 cm³/mol. The van der Waals surface area contributed by atoms with Gasteiger partial charge in [0.15, 0.2) is 0 Å². The molecular formula is C8H12O4. The van der Waals surface area contributed by atoms with E-state index < -0.39 is 0 Å². The normalized spacial score (nSPS) is 43.8. The van der Waals surface area contributed by atoms with E-state index >= 15 is 0 Å². The van der Waals surface area contributed by atoms with Gasteiger partial charge in [-0.25, -0.2) is 0 Å². The molecule has 2 fully saturated rings. The summed E-state index contributed by atoms with van der Waals surface area (Å²) in [6.07, 6.45) is 0.882. The van der Waals surface area contributed by atoms with Crippen LogP contribution in [0.4, 0.5) is 0 Å². The minimum absolute atomic E-state index is 0.0394. The molecule has 2 aliphatic rings. The molecule has 1 N–H and O–H groups in total. The van der Waals surface area contributed by atoms with Crippen molar-refractivity contribution in [3.8, 4) is 0 Å². The van der Waals surface area contributed by atoms with Gasteiger partial charge in [0.2, 0.25) is 0 Å². The first-order chi connectivity index (χ1) is 5.72. The number of methoxy groups -OCH3 is 1. The minimum atomic E-state index is -0.382. The van der Waals surface area contributed by atoms with Crippen LogP contribution in [0.5, 0.6) is 0 Å². The first-order valence-electron chi connectivity index (χ1n) is 4.12. The summed E-state index contributed by atoms with van der Waals surface area (Å²) in [6.45, 7) is 0. The molecule has 2 rings (SSSR count). The fourth-order valence-electron chi connectivity index (χ4n) is 1.88. The number of rotatable bonds is 2. The maximum absolute atomic E-state index is 10.9. The molecule has 4 heteroatoms. The molecule has 1 aliphatic heterocycles. The van der Waals surface area contributed by atoms with E-state index in [1.807, 2.05) is 0 Å². The summed E-state index contributed by atoms with van der Waals surface area (Å²) in [5.41, 5.74) is 0. The first kappa shape index (κ1) is 8.01. The molecular weight excluding hydrogens is 160 g/mol. The van der Waals surface area contributed by atoms with Crippen molar-refractivity contribution in [3.05, 3.63) is 0 Å². The Labute approximate surface area is 70.5 Å². The molecule has 1 aliphatic carbocycles. The number of hydrogen-bond donors (Lipinski definition) is 1. The highest BCUT2D eigenvalue weighted by Gasteiger charge is 2.55. The van der Waals surface area contributed by atoms with Gasteiger partial charge in [0.05, 0.1) is 31.8 Å². The van der Waals surface area contributed by atoms with E-state index in [4.69, 9.17) is 4.74 Å². The van der Waals surface area contributed by atoms with Crippen LogP contribution < -0.4 is 0 Å². The molecule has 0 aromatic carbocycles. The van der Waals surface area contributed by atoms with E-state index in [-0.39, 0.29) is 36.6 Å². The van der Waals surface area contributed by atoms with Gasteiger partial charge in [0, 0.05) is 12.3 Å². The summed E-state index contributed by atoms with van der Waals surface area (Å²) >= 11 is 0. The second kappa shape index (κ2) is 2.71. The molecule has 68 valence electrons. The maximum Gasteiger partial charge on any atom is 0.305 e. The quantitative estimate of drug-likeness (QED) is 0.459. The van der Waals surface area contributed by atoms with Crippen molar-refractivity contribution in [2.75, 3.05) is 7.11 Å². The lowest BCUT2D eigenvalue weighted by Gasteiger charge is -2.14. The molecule has 1 saturated carbocycles. The van der Waals surface area contributed by atoms with Crippen LogP contribution in [-0.2, 0) is 14.3 Å². The lowest BCUT2D eigenvalue weighted by atomic mass is 10.0.